The van der Waals surface area contributed by atoms with Gasteiger partial charge in [-0.2, -0.15) is 5.10 Å². The van der Waals surface area contributed by atoms with Gasteiger partial charge in [0.25, 0.3) is 0 Å². The highest BCUT2D eigenvalue weighted by Crippen LogP contribution is 2.37. The van der Waals surface area contributed by atoms with Gasteiger partial charge < -0.3 is 24.3 Å². The first-order chi connectivity index (χ1) is 43.9. The molecule has 4 aromatic carbocycles. The second kappa shape index (κ2) is 31.5. The highest BCUT2D eigenvalue weighted by atomic mass is 35.5. The summed E-state index contributed by atoms with van der Waals surface area (Å²) < 4.78 is 8.57. The molecule has 0 spiro atoms. The molecule has 0 aliphatic carbocycles. The minimum Gasteiger partial charge on any atom is -0.481 e. The Morgan fingerprint density at radius 3 is 1.38 bits per heavy atom. The van der Waals surface area contributed by atoms with Crippen molar-refractivity contribution in [3.8, 4) is 44.9 Å². The molecule has 0 aliphatic rings. The lowest BCUT2D eigenvalue weighted by Gasteiger charge is -2.21. The summed E-state index contributed by atoms with van der Waals surface area (Å²) in [5.41, 5.74) is 8.47. The van der Waals surface area contributed by atoms with Crippen LogP contribution in [0.4, 0.5) is 15.4 Å². The fourth-order valence-electron chi connectivity index (χ4n) is 9.90. The van der Waals surface area contributed by atoms with Gasteiger partial charge in [-0.05, 0) is 54.3 Å². The Morgan fingerprint density at radius 1 is 0.533 bits per heavy atom. The van der Waals surface area contributed by atoms with Crippen molar-refractivity contribution in [1.82, 2.24) is 34.3 Å². The molecule has 26 heteroatoms. The minimum atomic E-state index is -1.05. The predicted molar refractivity (Wildman–Crippen MR) is 358 cm³/mol. The van der Waals surface area contributed by atoms with Crippen LogP contribution in [0.25, 0.3) is 44.9 Å². The number of carbonyl (C=O) groups is 6. The number of anilines is 3. The number of hydrogen-bond acceptors (Lipinski definition) is 16. The standard InChI is InChI=1S/C27H25N3O4S.C20H20ClN3O4S.C19H19ClN4O3S/c1-29-16-19(12-13-24(29)31)21-10-6-7-11-22(21)23-17-35-27(28-23)30(2)26(34)20(15-25(32)33)14-18-8-4-3-5-9-18;1-11-16(22-12(2)28-11)8-13(9-18(25)26)19(27)24(3)20-23-17(10-29-20)14-6-4-5-7-15(14)21;1-23(19-22-16(11-28-19)14-5-3-4-6-15(14)20)18(27)12(10-17(25)26)9-13-7-8-21-24(13)2/h3-13,16-17,20H,14-15H2,1-2H3,(H,32,33);4-7,10,13H,8-9H2,1-3H3,(H,25,26);3-8,11-12H,9-10H2,1-2H3,(H,25,26). The molecule has 0 saturated heterocycles. The van der Waals surface area contributed by atoms with E-state index in [9.17, 15) is 48.9 Å². The lowest BCUT2D eigenvalue weighted by atomic mass is 9.95. The zero-order valence-corrected chi connectivity index (χ0v) is 54.9. The van der Waals surface area contributed by atoms with E-state index in [-0.39, 0.29) is 55.4 Å². The molecular formula is C66H64Cl2N10O11S3. The van der Waals surface area contributed by atoms with Crippen molar-refractivity contribution < 1.29 is 48.5 Å². The summed E-state index contributed by atoms with van der Waals surface area (Å²) in [6.07, 6.45) is 3.38. The Hall–Kier alpha value is -9.46. The lowest BCUT2D eigenvalue weighted by Crippen LogP contribution is -2.35. The van der Waals surface area contributed by atoms with Gasteiger partial charge in [-0.15, -0.1) is 34.0 Å². The van der Waals surface area contributed by atoms with Crippen LogP contribution < -0.4 is 20.3 Å². The fraction of sp³-hybridized carbons (Fsp3) is 0.242. The summed E-state index contributed by atoms with van der Waals surface area (Å²) in [5, 5.41) is 40.1. The van der Waals surface area contributed by atoms with E-state index in [1.165, 1.54) is 59.3 Å². The number of halogens is 2. The third-order valence-electron chi connectivity index (χ3n) is 14.7. The minimum absolute atomic E-state index is 0.0891. The van der Waals surface area contributed by atoms with Gasteiger partial charge in [0.05, 0.1) is 59.8 Å². The van der Waals surface area contributed by atoms with E-state index in [4.69, 9.17) is 32.6 Å². The van der Waals surface area contributed by atoms with Gasteiger partial charge in [0.1, 0.15) is 5.76 Å². The number of aryl methyl sites for hydroxylation is 4. The number of amides is 3. The van der Waals surface area contributed by atoms with Gasteiger partial charge in [0.2, 0.25) is 23.3 Å². The Kier molecular flexibility index (Phi) is 23.5. The van der Waals surface area contributed by atoms with Crippen LogP contribution in [0.15, 0.2) is 159 Å². The number of carboxylic acid groups (broad SMARTS) is 3. The molecule has 6 heterocycles. The Balaban J connectivity index is 0.000000179. The van der Waals surface area contributed by atoms with Gasteiger partial charge in [0.15, 0.2) is 21.3 Å². The molecule has 92 heavy (non-hydrogen) atoms. The van der Waals surface area contributed by atoms with Crippen LogP contribution in [0.2, 0.25) is 10.0 Å². The number of aliphatic carboxylic acids is 3. The maximum atomic E-state index is 13.3. The van der Waals surface area contributed by atoms with E-state index in [0.717, 1.165) is 39.1 Å². The largest absolute Gasteiger partial charge is 0.481 e. The van der Waals surface area contributed by atoms with E-state index < -0.39 is 35.7 Å². The van der Waals surface area contributed by atoms with Crippen molar-refractivity contribution in [2.75, 3.05) is 35.8 Å². The monoisotopic (exact) mass is 1340 g/mol. The molecule has 0 saturated carbocycles. The quantitative estimate of drug-likeness (QED) is 0.0569. The summed E-state index contributed by atoms with van der Waals surface area (Å²) in [7, 11) is 8.30. The number of thiazole rings is 3. The van der Waals surface area contributed by atoms with Gasteiger partial charge in [0, 0.05) is 122 Å². The SMILES string of the molecule is CN(C(=O)C(CC(=O)O)Cc1ccccc1)c1nc(-c2ccccc2-c2ccc(=O)n(C)c2)cs1.CN(C(=O)C(CC(=O)O)Cc1ccnn1C)c1nc(-c2ccccc2Cl)cs1.Cc1nc(CC(CC(=O)O)C(=O)N(C)c2nc(-c3ccccc3Cl)cs2)c(C)o1. The Morgan fingerprint density at radius 2 is 0.957 bits per heavy atom. The van der Waals surface area contributed by atoms with Crippen LogP contribution in [-0.2, 0) is 62.1 Å². The smallest absolute Gasteiger partial charge is 0.304 e. The van der Waals surface area contributed by atoms with Crippen LogP contribution in [0.1, 0.15) is 47.9 Å². The molecule has 21 nitrogen and oxygen atoms in total. The maximum absolute atomic E-state index is 13.3. The lowest BCUT2D eigenvalue weighted by molar-refractivity contribution is -0.141. The second-order valence-electron chi connectivity index (χ2n) is 21.3. The number of carbonyl (C=O) groups excluding carboxylic acids is 3. The van der Waals surface area contributed by atoms with E-state index >= 15 is 0 Å². The molecule has 10 aromatic rings. The van der Waals surface area contributed by atoms with Crippen LogP contribution >= 0.6 is 57.2 Å². The number of carboxylic acids is 3. The first-order valence-corrected chi connectivity index (χ1v) is 31.9. The molecule has 10 rings (SSSR count). The highest BCUT2D eigenvalue weighted by molar-refractivity contribution is 7.14. The molecule has 6 aromatic heterocycles. The number of aromatic nitrogens is 7. The summed E-state index contributed by atoms with van der Waals surface area (Å²) in [6, 6.07) is 36.9. The Bertz CT molecular complexity index is 4310. The van der Waals surface area contributed by atoms with Gasteiger partial charge in [-0.1, -0.05) is 114 Å². The summed E-state index contributed by atoms with van der Waals surface area (Å²) in [5.74, 6) is -5.15. The van der Waals surface area contributed by atoms with E-state index in [1.54, 1.807) is 90.4 Å². The fourth-order valence-corrected chi connectivity index (χ4v) is 12.8. The topological polar surface area (TPSA) is 277 Å². The molecule has 0 radical (unpaired) electrons. The van der Waals surface area contributed by atoms with Crippen LogP contribution in [-0.4, -0.2) is 106 Å². The van der Waals surface area contributed by atoms with Crippen LogP contribution in [0.5, 0.6) is 0 Å². The zero-order chi connectivity index (χ0) is 66.3. The van der Waals surface area contributed by atoms with E-state index in [1.807, 2.05) is 107 Å². The van der Waals surface area contributed by atoms with E-state index in [0.29, 0.717) is 66.3 Å². The molecule has 3 amide bonds. The first kappa shape index (κ1) is 68.4. The number of pyridine rings is 1. The predicted octanol–water partition coefficient (Wildman–Crippen LogP) is 12.3. The Labute approximate surface area is 551 Å². The van der Waals surface area contributed by atoms with Gasteiger partial charge >= 0.3 is 17.9 Å². The molecule has 3 unspecified atom stereocenters. The third kappa shape index (κ3) is 17.7. The van der Waals surface area contributed by atoms with Crippen molar-refractivity contribution in [2.45, 2.75) is 52.4 Å². The highest BCUT2D eigenvalue weighted by Gasteiger charge is 2.32. The zero-order valence-electron chi connectivity index (χ0n) is 51.0. The van der Waals surface area contributed by atoms with Crippen molar-refractivity contribution in [2.24, 2.45) is 31.8 Å². The molecule has 3 N–H and O–H groups in total. The summed E-state index contributed by atoms with van der Waals surface area (Å²) >= 11 is 16.4. The molecule has 476 valence electrons. The average Bonchev–Trinajstić information content (AvgIpc) is 1.84. The van der Waals surface area contributed by atoms with Crippen molar-refractivity contribution in [3.05, 3.63) is 199 Å². The average molecular weight is 1340 g/mol. The normalized spacial score (nSPS) is 11.9. The van der Waals surface area contributed by atoms with Gasteiger partial charge in [-0.25, -0.2) is 19.9 Å². The molecule has 0 aliphatic heterocycles. The van der Waals surface area contributed by atoms with Crippen molar-refractivity contribution >= 4 is 108 Å². The first-order valence-electron chi connectivity index (χ1n) is 28.5. The van der Waals surface area contributed by atoms with Crippen molar-refractivity contribution in [1.29, 1.82) is 0 Å². The van der Waals surface area contributed by atoms with Gasteiger partial charge in [-0.3, -0.25) is 52.9 Å². The number of nitrogens with zero attached hydrogens (tertiary/aromatic N) is 10. The second-order valence-corrected chi connectivity index (χ2v) is 24.6. The number of hydrogen-bond donors (Lipinski definition) is 3. The van der Waals surface area contributed by atoms with Crippen LogP contribution in [0, 0.1) is 31.6 Å². The summed E-state index contributed by atoms with van der Waals surface area (Å²) in [6.45, 7) is 3.46. The third-order valence-corrected chi connectivity index (χ3v) is 18.1. The number of rotatable bonds is 22. The summed E-state index contributed by atoms with van der Waals surface area (Å²) in [4.78, 5) is 107. The number of benzene rings is 4. The molecular weight excluding hydrogens is 1280 g/mol. The maximum Gasteiger partial charge on any atom is 0.304 e. The van der Waals surface area contributed by atoms with Crippen molar-refractivity contribution in [3.63, 3.8) is 0 Å². The number of oxazole rings is 1. The van der Waals surface area contributed by atoms with E-state index in [2.05, 4.69) is 20.1 Å². The molecule has 0 fully saturated rings. The molecule has 3 atom stereocenters. The van der Waals surface area contributed by atoms with Crippen LogP contribution in [0.3, 0.4) is 0 Å². The molecule has 0 bridgehead atoms.